The molecule has 112 valence electrons. The van der Waals surface area contributed by atoms with Crippen molar-refractivity contribution in [3.63, 3.8) is 0 Å². The molecule has 1 aliphatic carbocycles. The van der Waals surface area contributed by atoms with Crippen molar-refractivity contribution in [3.8, 4) is 0 Å². The van der Waals surface area contributed by atoms with E-state index in [0.29, 0.717) is 11.0 Å². The average Bonchev–Trinajstić information content (AvgIpc) is 2.38. The molecule has 20 heavy (non-hydrogen) atoms. The lowest BCUT2D eigenvalue weighted by Gasteiger charge is -2.40. The molecule has 0 bridgehead atoms. The number of nitrogens with zero attached hydrogens (tertiary/aromatic N) is 1. The van der Waals surface area contributed by atoms with Crippen molar-refractivity contribution in [1.29, 1.82) is 0 Å². The number of hydrogen-bond donors (Lipinski definition) is 3. The first-order valence-corrected chi connectivity index (χ1v) is 9.59. The van der Waals surface area contributed by atoms with Crippen LogP contribution in [0.5, 0.6) is 0 Å². The van der Waals surface area contributed by atoms with Gasteiger partial charge in [-0.1, -0.05) is 6.42 Å². The van der Waals surface area contributed by atoms with Gasteiger partial charge in [-0.15, -0.1) is 0 Å². The second-order valence-electron chi connectivity index (χ2n) is 4.71. The highest BCUT2D eigenvalue weighted by atomic mass is 79.9. The molecule has 0 aromatic carbocycles. The zero-order chi connectivity index (χ0) is 14.8. The van der Waals surface area contributed by atoms with Crippen molar-refractivity contribution in [1.82, 2.24) is 9.71 Å². The summed E-state index contributed by atoms with van der Waals surface area (Å²) in [7, 11) is -3.64. The van der Waals surface area contributed by atoms with E-state index in [1.807, 2.05) is 6.26 Å². The molecule has 2 rings (SSSR count). The number of thioether (sulfide) groups is 1. The van der Waals surface area contributed by atoms with Gasteiger partial charge in [0.2, 0.25) is 10.0 Å². The van der Waals surface area contributed by atoms with Crippen LogP contribution in [0, 0.1) is 0 Å². The van der Waals surface area contributed by atoms with E-state index in [1.54, 1.807) is 11.8 Å². The second kappa shape index (κ2) is 6.18. The Hall–Kier alpha value is -0.350. The molecule has 4 N–H and O–H groups in total. The molecule has 9 heteroatoms. The van der Waals surface area contributed by atoms with Gasteiger partial charge in [-0.3, -0.25) is 0 Å². The molecule has 0 radical (unpaired) electrons. The summed E-state index contributed by atoms with van der Waals surface area (Å²) in [5.74, 6) is 5.45. The summed E-state index contributed by atoms with van der Waals surface area (Å²) in [5.41, 5.74) is 2.31. The average molecular weight is 381 g/mol. The predicted molar refractivity (Wildman–Crippen MR) is 85.0 cm³/mol. The molecule has 1 saturated carbocycles. The van der Waals surface area contributed by atoms with Crippen molar-refractivity contribution < 1.29 is 8.42 Å². The van der Waals surface area contributed by atoms with Crippen LogP contribution in [-0.4, -0.2) is 30.9 Å². The number of rotatable bonds is 6. The molecule has 0 atom stereocenters. The van der Waals surface area contributed by atoms with Crippen LogP contribution in [-0.2, 0) is 10.0 Å². The minimum absolute atomic E-state index is 0.0306. The zero-order valence-electron chi connectivity index (χ0n) is 11.0. The van der Waals surface area contributed by atoms with E-state index in [1.165, 1.54) is 12.3 Å². The summed E-state index contributed by atoms with van der Waals surface area (Å²) in [4.78, 5) is 4.00. The Bertz CT molecular complexity index is 585. The Labute approximate surface area is 131 Å². The van der Waals surface area contributed by atoms with Crippen molar-refractivity contribution in [3.05, 3.63) is 16.7 Å². The van der Waals surface area contributed by atoms with Gasteiger partial charge in [0, 0.05) is 22.0 Å². The van der Waals surface area contributed by atoms with Crippen molar-refractivity contribution >= 4 is 43.5 Å². The Morgan fingerprint density at radius 3 is 2.75 bits per heavy atom. The standard InChI is InChI=1S/C11H17BrN4O2S2/c1-19-11(3-2-4-11)7-15-20(17,18)9-5-8(12)6-14-10(9)16-13/h5-6,15H,2-4,7,13H2,1H3,(H,14,16). The van der Waals surface area contributed by atoms with Crippen LogP contribution in [0.2, 0.25) is 0 Å². The maximum absolute atomic E-state index is 12.4. The molecule has 6 nitrogen and oxygen atoms in total. The fourth-order valence-electron chi connectivity index (χ4n) is 2.06. The lowest BCUT2D eigenvalue weighted by molar-refractivity contribution is 0.362. The number of hydrazine groups is 1. The van der Waals surface area contributed by atoms with Crippen LogP contribution in [0.15, 0.2) is 21.6 Å². The Morgan fingerprint density at radius 2 is 2.25 bits per heavy atom. The summed E-state index contributed by atoms with van der Waals surface area (Å²) in [5, 5.41) is 0. The van der Waals surface area contributed by atoms with E-state index < -0.39 is 10.0 Å². The molecule has 1 fully saturated rings. The monoisotopic (exact) mass is 380 g/mol. The Kier molecular flexibility index (Phi) is 4.96. The highest BCUT2D eigenvalue weighted by molar-refractivity contribution is 9.10. The van der Waals surface area contributed by atoms with Crippen LogP contribution in [0.1, 0.15) is 19.3 Å². The third kappa shape index (κ3) is 3.28. The Morgan fingerprint density at radius 1 is 1.55 bits per heavy atom. The number of sulfonamides is 1. The molecule has 1 aromatic heterocycles. The maximum Gasteiger partial charge on any atom is 0.244 e. The predicted octanol–water partition coefficient (Wildman–Crippen LogP) is 1.69. The van der Waals surface area contributed by atoms with Crippen LogP contribution >= 0.6 is 27.7 Å². The van der Waals surface area contributed by atoms with Gasteiger partial charge in [-0.2, -0.15) is 11.8 Å². The third-order valence-electron chi connectivity index (χ3n) is 3.53. The number of aromatic nitrogens is 1. The van der Waals surface area contributed by atoms with Crippen LogP contribution in [0.3, 0.4) is 0 Å². The fraction of sp³-hybridized carbons (Fsp3) is 0.545. The SMILES string of the molecule is CSC1(CNS(=O)(=O)c2cc(Br)cnc2NN)CCC1. The number of anilines is 1. The van der Waals surface area contributed by atoms with Gasteiger partial charge in [0.05, 0.1) is 0 Å². The molecular weight excluding hydrogens is 364 g/mol. The normalized spacial score (nSPS) is 17.6. The van der Waals surface area contributed by atoms with Crippen LogP contribution < -0.4 is 16.0 Å². The number of nitrogens with one attached hydrogen (secondary N) is 2. The highest BCUT2D eigenvalue weighted by Gasteiger charge is 2.37. The van der Waals surface area contributed by atoms with Gasteiger partial charge in [0.15, 0.2) is 5.82 Å². The van der Waals surface area contributed by atoms with E-state index in [9.17, 15) is 8.42 Å². The number of hydrogen-bond acceptors (Lipinski definition) is 6. The first-order chi connectivity index (χ1) is 9.42. The highest BCUT2D eigenvalue weighted by Crippen LogP contribution is 2.42. The fourth-order valence-corrected chi connectivity index (χ4v) is 4.82. The summed E-state index contributed by atoms with van der Waals surface area (Å²) in [6.45, 7) is 0.424. The van der Waals surface area contributed by atoms with Crippen molar-refractivity contribution in [2.45, 2.75) is 28.9 Å². The van der Waals surface area contributed by atoms with E-state index in [0.717, 1.165) is 19.3 Å². The quantitative estimate of drug-likeness (QED) is 0.513. The molecule has 0 saturated heterocycles. The van der Waals surface area contributed by atoms with Crippen LogP contribution in [0.25, 0.3) is 0 Å². The number of nitrogen functional groups attached to an aromatic ring is 1. The van der Waals surface area contributed by atoms with Gasteiger partial charge in [0.25, 0.3) is 0 Å². The third-order valence-corrected chi connectivity index (χ3v) is 6.79. The smallest absolute Gasteiger partial charge is 0.244 e. The first-order valence-electron chi connectivity index (χ1n) is 6.09. The molecule has 1 aromatic rings. The molecular formula is C11H17BrN4O2S2. The van der Waals surface area contributed by atoms with Gasteiger partial charge in [-0.25, -0.2) is 24.0 Å². The Balaban J connectivity index is 2.20. The summed E-state index contributed by atoms with van der Waals surface area (Å²) in [6.07, 6.45) is 6.73. The molecule has 0 unspecified atom stereocenters. The molecule has 1 aliphatic rings. The lowest BCUT2D eigenvalue weighted by Crippen LogP contribution is -2.45. The van der Waals surface area contributed by atoms with Gasteiger partial charge >= 0.3 is 0 Å². The second-order valence-corrected chi connectivity index (χ2v) is 8.64. The number of nitrogens with two attached hydrogens (primary N) is 1. The van der Waals surface area contributed by atoms with E-state index in [2.05, 4.69) is 31.1 Å². The van der Waals surface area contributed by atoms with Crippen molar-refractivity contribution in [2.75, 3.05) is 18.2 Å². The number of halogens is 1. The van der Waals surface area contributed by atoms with Gasteiger partial charge < -0.3 is 5.43 Å². The van der Waals surface area contributed by atoms with E-state index in [-0.39, 0.29) is 15.5 Å². The van der Waals surface area contributed by atoms with Gasteiger partial charge in [-0.05, 0) is 41.1 Å². The minimum Gasteiger partial charge on any atom is -0.307 e. The molecule has 1 heterocycles. The van der Waals surface area contributed by atoms with E-state index >= 15 is 0 Å². The van der Waals surface area contributed by atoms with Gasteiger partial charge in [0.1, 0.15) is 4.90 Å². The first kappa shape index (κ1) is 16.0. The summed E-state index contributed by atoms with van der Waals surface area (Å²) >= 11 is 4.94. The number of pyridine rings is 1. The lowest BCUT2D eigenvalue weighted by atomic mass is 9.84. The maximum atomic E-state index is 12.4. The molecule has 0 amide bonds. The minimum atomic E-state index is -3.64. The summed E-state index contributed by atoms with van der Waals surface area (Å²) in [6, 6.07) is 1.48. The van der Waals surface area contributed by atoms with E-state index in [4.69, 9.17) is 5.84 Å². The molecule has 0 aliphatic heterocycles. The largest absolute Gasteiger partial charge is 0.307 e. The topological polar surface area (TPSA) is 97.1 Å². The molecule has 0 spiro atoms. The summed E-state index contributed by atoms with van der Waals surface area (Å²) < 4.78 is 28.1. The van der Waals surface area contributed by atoms with Crippen LogP contribution in [0.4, 0.5) is 5.82 Å². The van der Waals surface area contributed by atoms with Crippen molar-refractivity contribution in [2.24, 2.45) is 5.84 Å². The zero-order valence-corrected chi connectivity index (χ0v) is 14.2.